The quantitative estimate of drug-likeness (QED) is 0.736. The number of likely N-dealkylation sites (N-methyl/N-ethyl adjacent to an activating group) is 1. The zero-order valence-corrected chi connectivity index (χ0v) is 11.5. The van der Waals surface area contributed by atoms with E-state index in [2.05, 4.69) is 10.6 Å². The molecule has 104 valence electrons. The van der Waals surface area contributed by atoms with Crippen molar-refractivity contribution in [3.05, 3.63) is 0 Å². The second-order valence-corrected chi connectivity index (χ2v) is 4.77. The number of urea groups is 1. The third kappa shape index (κ3) is 4.52. The summed E-state index contributed by atoms with van der Waals surface area (Å²) >= 11 is 0. The van der Waals surface area contributed by atoms with E-state index in [0.29, 0.717) is 19.1 Å². The van der Waals surface area contributed by atoms with Gasteiger partial charge in [-0.1, -0.05) is 0 Å². The van der Waals surface area contributed by atoms with Gasteiger partial charge in [0.25, 0.3) is 0 Å². The van der Waals surface area contributed by atoms with Crippen molar-refractivity contribution in [3.8, 4) is 0 Å². The molecule has 1 rings (SSSR count). The van der Waals surface area contributed by atoms with E-state index in [1.807, 2.05) is 11.8 Å². The average molecular weight is 256 g/mol. The lowest BCUT2D eigenvalue weighted by molar-refractivity contribution is -0.120. The molecule has 1 heterocycles. The first kappa shape index (κ1) is 14.8. The van der Waals surface area contributed by atoms with Crippen LogP contribution in [0.1, 0.15) is 19.8 Å². The summed E-state index contributed by atoms with van der Waals surface area (Å²) in [6.45, 7) is 4.44. The van der Waals surface area contributed by atoms with E-state index in [9.17, 15) is 9.59 Å². The number of nitrogens with one attached hydrogen (secondary N) is 2. The number of hydrogen-bond donors (Lipinski definition) is 2. The second-order valence-electron chi connectivity index (χ2n) is 4.77. The van der Waals surface area contributed by atoms with E-state index >= 15 is 0 Å². The van der Waals surface area contributed by atoms with E-state index in [1.165, 1.54) is 0 Å². The number of hydrogen-bond acceptors (Lipinski definition) is 3. The van der Waals surface area contributed by atoms with E-state index in [-0.39, 0.29) is 11.9 Å². The first-order valence-corrected chi connectivity index (χ1v) is 6.51. The van der Waals surface area contributed by atoms with Gasteiger partial charge < -0.3 is 20.4 Å². The lowest BCUT2D eigenvalue weighted by Crippen LogP contribution is -2.49. The molecular weight excluding hydrogens is 232 g/mol. The molecule has 1 aliphatic rings. The van der Waals surface area contributed by atoms with Gasteiger partial charge in [-0.05, 0) is 19.8 Å². The molecule has 2 N–H and O–H groups in total. The van der Waals surface area contributed by atoms with Crippen LogP contribution in [-0.2, 0) is 4.79 Å². The van der Waals surface area contributed by atoms with Crippen LogP contribution in [0.5, 0.6) is 0 Å². The van der Waals surface area contributed by atoms with Crippen LogP contribution < -0.4 is 10.6 Å². The normalized spacial score (nSPS) is 16.5. The Kier molecular flexibility index (Phi) is 5.91. The Labute approximate surface area is 109 Å². The molecule has 0 bridgehead atoms. The molecule has 0 saturated carbocycles. The first-order valence-electron chi connectivity index (χ1n) is 6.51. The fourth-order valence-electron chi connectivity index (χ4n) is 2.05. The summed E-state index contributed by atoms with van der Waals surface area (Å²) < 4.78 is 0. The van der Waals surface area contributed by atoms with Crippen LogP contribution >= 0.6 is 0 Å². The number of carbonyl (C=O) groups is 2. The highest BCUT2D eigenvalue weighted by Crippen LogP contribution is 2.11. The highest BCUT2D eigenvalue weighted by molar-refractivity contribution is 5.78. The summed E-state index contributed by atoms with van der Waals surface area (Å²) in [5.74, 6) is 0.0318. The van der Waals surface area contributed by atoms with Gasteiger partial charge in [-0.2, -0.15) is 0 Å². The van der Waals surface area contributed by atoms with Crippen LogP contribution in [-0.4, -0.2) is 68.1 Å². The average Bonchev–Trinajstić information content (AvgIpc) is 2.36. The van der Waals surface area contributed by atoms with Crippen molar-refractivity contribution in [2.75, 3.05) is 40.3 Å². The van der Waals surface area contributed by atoms with E-state index in [0.717, 1.165) is 25.9 Å². The van der Waals surface area contributed by atoms with Crippen molar-refractivity contribution >= 4 is 11.9 Å². The van der Waals surface area contributed by atoms with Crippen LogP contribution in [0, 0.1) is 0 Å². The minimum absolute atomic E-state index is 0.0318. The molecule has 3 amide bonds. The summed E-state index contributed by atoms with van der Waals surface area (Å²) in [6, 6.07) is 0.399. The minimum atomic E-state index is 0.0318. The van der Waals surface area contributed by atoms with Gasteiger partial charge in [0, 0.05) is 39.8 Å². The van der Waals surface area contributed by atoms with Crippen molar-refractivity contribution in [2.45, 2.75) is 25.8 Å². The molecular formula is C12H24N4O2. The Balaban J connectivity index is 2.23. The number of amides is 3. The number of rotatable bonds is 4. The molecule has 6 nitrogen and oxygen atoms in total. The van der Waals surface area contributed by atoms with Gasteiger partial charge in [0.2, 0.25) is 5.91 Å². The highest BCUT2D eigenvalue weighted by Gasteiger charge is 2.23. The zero-order valence-electron chi connectivity index (χ0n) is 11.5. The second kappa shape index (κ2) is 7.20. The predicted molar refractivity (Wildman–Crippen MR) is 70.4 cm³/mol. The van der Waals surface area contributed by atoms with Crippen LogP contribution in [0.25, 0.3) is 0 Å². The molecule has 1 fully saturated rings. The lowest BCUT2D eigenvalue weighted by atomic mass is 10.1. The number of likely N-dealkylation sites (tertiary alicyclic amines) is 1. The molecule has 0 aromatic heterocycles. The Morgan fingerprint density at radius 1 is 1.28 bits per heavy atom. The van der Waals surface area contributed by atoms with Crippen LogP contribution in [0.3, 0.4) is 0 Å². The van der Waals surface area contributed by atoms with Crippen LogP contribution in [0.15, 0.2) is 0 Å². The maximum absolute atomic E-state index is 11.7. The van der Waals surface area contributed by atoms with Gasteiger partial charge in [-0.25, -0.2) is 4.79 Å². The summed E-state index contributed by atoms with van der Waals surface area (Å²) in [7, 11) is 3.53. The van der Waals surface area contributed by atoms with Crippen molar-refractivity contribution < 1.29 is 9.59 Å². The standard InChI is InChI=1S/C12H24N4O2/c1-4-13-11(17)9-14-10-5-7-16(8-6-10)12(18)15(2)3/h10,14H,4-9H2,1-3H3,(H,13,17). The SMILES string of the molecule is CCNC(=O)CNC1CCN(C(=O)N(C)C)CC1. The molecule has 0 radical (unpaired) electrons. The minimum Gasteiger partial charge on any atom is -0.355 e. The van der Waals surface area contributed by atoms with E-state index < -0.39 is 0 Å². The number of carbonyl (C=O) groups excluding carboxylic acids is 2. The Morgan fingerprint density at radius 3 is 2.39 bits per heavy atom. The Bertz CT molecular complexity index is 286. The van der Waals surface area contributed by atoms with Gasteiger partial charge in [0.15, 0.2) is 0 Å². The van der Waals surface area contributed by atoms with E-state index in [4.69, 9.17) is 0 Å². The lowest BCUT2D eigenvalue weighted by Gasteiger charge is -2.33. The molecule has 1 saturated heterocycles. The predicted octanol–water partition coefficient (Wildman–Crippen LogP) is -0.142. The molecule has 6 heteroatoms. The van der Waals surface area contributed by atoms with E-state index in [1.54, 1.807) is 19.0 Å². The highest BCUT2D eigenvalue weighted by atomic mass is 16.2. The summed E-state index contributed by atoms with van der Waals surface area (Å²) in [5, 5.41) is 5.99. The van der Waals surface area contributed by atoms with Gasteiger partial charge in [-0.3, -0.25) is 4.79 Å². The van der Waals surface area contributed by atoms with Crippen LogP contribution in [0.2, 0.25) is 0 Å². The zero-order chi connectivity index (χ0) is 13.5. The largest absolute Gasteiger partial charge is 0.355 e. The molecule has 0 atom stereocenters. The van der Waals surface area contributed by atoms with Crippen molar-refractivity contribution in [2.24, 2.45) is 0 Å². The van der Waals surface area contributed by atoms with Crippen molar-refractivity contribution in [3.63, 3.8) is 0 Å². The third-order valence-electron chi connectivity index (χ3n) is 3.07. The molecule has 0 aliphatic carbocycles. The van der Waals surface area contributed by atoms with Gasteiger partial charge in [0.05, 0.1) is 6.54 Å². The van der Waals surface area contributed by atoms with Crippen molar-refractivity contribution in [1.82, 2.24) is 20.4 Å². The molecule has 0 aromatic rings. The maximum atomic E-state index is 11.7. The fraction of sp³-hybridized carbons (Fsp3) is 0.833. The Morgan fingerprint density at radius 2 is 1.89 bits per heavy atom. The monoisotopic (exact) mass is 256 g/mol. The molecule has 1 aliphatic heterocycles. The van der Waals surface area contributed by atoms with Gasteiger partial charge >= 0.3 is 6.03 Å². The van der Waals surface area contributed by atoms with Gasteiger partial charge in [-0.15, -0.1) is 0 Å². The van der Waals surface area contributed by atoms with Crippen LogP contribution in [0.4, 0.5) is 4.79 Å². The number of nitrogens with zero attached hydrogens (tertiary/aromatic N) is 2. The molecule has 18 heavy (non-hydrogen) atoms. The summed E-state index contributed by atoms with van der Waals surface area (Å²) in [5.41, 5.74) is 0. The number of piperidine rings is 1. The topological polar surface area (TPSA) is 64.7 Å². The maximum Gasteiger partial charge on any atom is 0.319 e. The third-order valence-corrected chi connectivity index (χ3v) is 3.07. The van der Waals surface area contributed by atoms with Crippen molar-refractivity contribution in [1.29, 1.82) is 0 Å². The van der Waals surface area contributed by atoms with Gasteiger partial charge in [0.1, 0.15) is 0 Å². The summed E-state index contributed by atoms with van der Waals surface area (Å²) in [6.07, 6.45) is 1.80. The molecule has 0 unspecified atom stereocenters. The fourth-order valence-corrected chi connectivity index (χ4v) is 2.05. The summed E-state index contributed by atoms with van der Waals surface area (Å²) in [4.78, 5) is 26.5. The Hall–Kier alpha value is -1.30. The smallest absolute Gasteiger partial charge is 0.319 e. The molecule has 0 aromatic carbocycles. The molecule has 0 spiro atoms. The first-order chi connectivity index (χ1) is 8.54.